The summed E-state index contributed by atoms with van der Waals surface area (Å²) in [5.41, 5.74) is 2.67. The summed E-state index contributed by atoms with van der Waals surface area (Å²) in [5, 5.41) is 3.30. The largest absolute Gasteiger partial charge is 0.312 e. The summed E-state index contributed by atoms with van der Waals surface area (Å²) >= 11 is 1.35. The zero-order valence-corrected chi connectivity index (χ0v) is 16.8. The Kier molecular flexibility index (Phi) is 5.40. The van der Waals surface area contributed by atoms with Crippen LogP contribution in [0.1, 0.15) is 39.3 Å². The van der Waals surface area contributed by atoms with Crippen LogP contribution in [0.15, 0.2) is 48.5 Å². The minimum atomic E-state index is -0.268. The molecule has 0 unspecified atom stereocenters. The van der Waals surface area contributed by atoms with E-state index in [0.717, 1.165) is 22.7 Å². The molecule has 1 N–H and O–H groups in total. The number of aryl methyl sites for hydroxylation is 1. The number of hydrogen-bond acceptors (Lipinski definition) is 4. The normalized spacial score (nSPS) is 13.7. The van der Waals surface area contributed by atoms with Gasteiger partial charge < -0.3 is 4.90 Å². The van der Waals surface area contributed by atoms with Crippen LogP contribution in [-0.4, -0.2) is 23.3 Å². The van der Waals surface area contributed by atoms with Gasteiger partial charge in [-0.15, -0.1) is 11.3 Å². The molecule has 1 aromatic heterocycles. The number of rotatable bonds is 5. The summed E-state index contributed by atoms with van der Waals surface area (Å²) in [4.78, 5) is 31.4. The van der Waals surface area contributed by atoms with Gasteiger partial charge in [-0.2, -0.15) is 0 Å². The van der Waals surface area contributed by atoms with E-state index in [2.05, 4.69) is 10.3 Å². The van der Waals surface area contributed by atoms with E-state index in [0.29, 0.717) is 35.6 Å². The predicted octanol–water partition coefficient (Wildman–Crippen LogP) is 4.56. The number of thiazole rings is 1. The van der Waals surface area contributed by atoms with Gasteiger partial charge in [0.15, 0.2) is 5.13 Å². The number of hydrogen-bond donors (Lipinski definition) is 1. The number of amides is 2. The van der Waals surface area contributed by atoms with E-state index in [-0.39, 0.29) is 17.6 Å². The second-order valence-corrected chi connectivity index (χ2v) is 8.03. The molecule has 3 aromatic rings. The lowest BCUT2D eigenvalue weighted by Crippen LogP contribution is -2.23. The Morgan fingerprint density at radius 3 is 2.66 bits per heavy atom. The van der Waals surface area contributed by atoms with Crippen LogP contribution in [0.3, 0.4) is 0 Å². The first kappa shape index (κ1) is 19.3. The molecule has 0 bridgehead atoms. The Bertz CT molecular complexity index is 1060. The third-order valence-electron chi connectivity index (χ3n) is 4.94. The second kappa shape index (κ2) is 8.13. The second-order valence-electron chi connectivity index (χ2n) is 6.95. The molecule has 148 valence electrons. The average molecular weight is 409 g/mol. The van der Waals surface area contributed by atoms with Crippen LogP contribution in [-0.2, 0) is 11.2 Å². The Balaban J connectivity index is 1.45. The molecular weight excluding hydrogens is 389 g/mol. The van der Waals surface area contributed by atoms with Crippen LogP contribution in [0, 0.1) is 12.7 Å². The van der Waals surface area contributed by atoms with Gasteiger partial charge in [-0.3, -0.25) is 14.9 Å². The van der Waals surface area contributed by atoms with Gasteiger partial charge in [0.1, 0.15) is 5.82 Å². The van der Waals surface area contributed by atoms with E-state index in [4.69, 9.17) is 0 Å². The van der Waals surface area contributed by atoms with Crippen molar-refractivity contribution in [3.05, 3.63) is 76.0 Å². The molecular formula is C22H20FN3O2S. The van der Waals surface area contributed by atoms with Crippen molar-refractivity contribution in [2.24, 2.45) is 0 Å². The van der Waals surface area contributed by atoms with Gasteiger partial charge in [-0.1, -0.05) is 18.2 Å². The Morgan fingerprint density at radius 1 is 1.21 bits per heavy atom. The van der Waals surface area contributed by atoms with Crippen molar-refractivity contribution >= 4 is 34.0 Å². The van der Waals surface area contributed by atoms with Crippen molar-refractivity contribution in [3.63, 3.8) is 0 Å². The predicted molar refractivity (Wildman–Crippen MR) is 112 cm³/mol. The number of benzene rings is 2. The van der Waals surface area contributed by atoms with Crippen molar-refractivity contribution in [1.82, 2.24) is 4.98 Å². The number of carbonyl (C=O) groups excluding carboxylic acids is 2. The molecule has 29 heavy (non-hydrogen) atoms. The molecule has 0 atom stereocenters. The molecule has 2 aromatic carbocycles. The standard InChI is InChI=1S/C22H20FN3O2S/c1-14-19(13-16-5-2-3-6-18(16)23)29-22(24-14)25-21(28)15-8-10-17(11-9-15)26-12-4-7-20(26)27/h2-3,5-6,8-11H,4,7,12-13H2,1H3,(H,24,25,28). The van der Waals surface area contributed by atoms with Crippen LogP contribution in [0.2, 0.25) is 0 Å². The quantitative estimate of drug-likeness (QED) is 0.672. The molecule has 7 heteroatoms. The third-order valence-corrected chi connectivity index (χ3v) is 6.01. The fourth-order valence-corrected chi connectivity index (χ4v) is 4.32. The molecule has 0 spiro atoms. The molecule has 0 radical (unpaired) electrons. The number of carbonyl (C=O) groups is 2. The molecule has 1 aliphatic rings. The van der Waals surface area contributed by atoms with Crippen molar-refractivity contribution in [2.75, 3.05) is 16.8 Å². The maximum absolute atomic E-state index is 13.9. The maximum atomic E-state index is 13.9. The van der Waals surface area contributed by atoms with Crippen LogP contribution in [0.4, 0.5) is 15.2 Å². The number of aromatic nitrogens is 1. The number of nitrogens with zero attached hydrogens (tertiary/aromatic N) is 2. The van der Waals surface area contributed by atoms with Crippen LogP contribution in [0.25, 0.3) is 0 Å². The number of nitrogens with one attached hydrogen (secondary N) is 1. The lowest BCUT2D eigenvalue weighted by Gasteiger charge is -2.15. The minimum absolute atomic E-state index is 0.114. The average Bonchev–Trinajstić information content (AvgIpc) is 3.29. The van der Waals surface area contributed by atoms with Gasteiger partial charge in [0, 0.05) is 35.5 Å². The fourth-order valence-electron chi connectivity index (χ4n) is 3.34. The summed E-state index contributed by atoms with van der Waals surface area (Å²) in [6.07, 6.45) is 1.87. The van der Waals surface area contributed by atoms with Gasteiger partial charge in [0.05, 0.1) is 5.69 Å². The Hall–Kier alpha value is -3.06. The van der Waals surface area contributed by atoms with Crippen molar-refractivity contribution in [2.45, 2.75) is 26.2 Å². The van der Waals surface area contributed by atoms with Crippen LogP contribution < -0.4 is 10.2 Å². The fraction of sp³-hybridized carbons (Fsp3) is 0.227. The maximum Gasteiger partial charge on any atom is 0.257 e. The van der Waals surface area contributed by atoms with E-state index in [1.807, 2.05) is 6.92 Å². The minimum Gasteiger partial charge on any atom is -0.312 e. The van der Waals surface area contributed by atoms with Gasteiger partial charge >= 0.3 is 0 Å². The summed E-state index contributed by atoms with van der Waals surface area (Å²) in [7, 11) is 0. The summed E-state index contributed by atoms with van der Waals surface area (Å²) in [6, 6.07) is 13.6. The monoisotopic (exact) mass is 409 g/mol. The SMILES string of the molecule is Cc1nc(NC(=O)c2ccc(N3CCCC3=O)cc2)sc1Cc1ccccc1F. The number of halogens is 1. The first-order chi connectivity index (χ1) is 14.0. The highest BCUT2D eigenvalue weighted by atomic mass is 32.1. The molecule has 0 saturated carbocycles. The Labute approximate surface area is 172 Å². The van der Waals surface area contributed by atoms with E-state index < -0.39 is 0 Å². The molecule has 4 rings (SSSR count). The van der Waals surface area contributed by atoms with Gasteiger partial charge in [0.2, 0.25) is 5.91 Å². The van der Waals surface area contributed by atoms with Gasteiger partial charge in [-0.25, -0.2) is 9.37 Å². The van der Waals surface area contributed by atoms with Crippen molar-refractivity contribution < 1.29 is 14.0 Å². The highest BCUT2D eigenvalue weighted by molar-refractivity contribution is 7.15. The molecule has 1 fully saturated rings. The lowest BCUT2D eigenvalue weighted by molar-refractivity contribution is -0.117. The molecule has 5 nitrogen and oxygen atoms in total. The molecule has 0 aliphatic carbocycles. The van der Waals surface area contributed by atoms with E-state index in [1.165, 1.54) is 17.4 Å². The van der Waals surface area contributed by atoms with E-state index in [9.17, 15) is 14.0 Å². The van der Waals surface area contributed by atoms with Crippen LogP contribution >= 0.6 is 11.3 Å². The summed E-state index contributed by atoms with van der Waals surface area (Å²) in [5.74, 6) is -0.402. The third kappa shape index (κ3) is 4.19. The molecule has 2 heterocycles. The first-order valence-corrected chi connectivity index (χ1v) is 10.2. The Morgan fingerprint density at radius 2 is 1.97 bits per heavy atom. The smallest absolute Gasteiger partial charge is 0.257 e. The zero-order valence-electron chi connectivity index (χ0n) is 15.9. The molecule has 1 aliphatic heterocycles. The van der Waals surface area contributed by atoms with Crippen molar-refractivity contribution in [3.8, 4) is 0 Å². The summed E-state index contributed by atoms with van der Waals surface area (Å²) < 4.78 is 13.9. The molecule has 1 saturated heterocycles. The topological polar surface area (TPSA) is 62.3 Å². The highest BCUT2D eigenvalue weighted by Crippen LogP contribution is 2.27. The van der Waals surface area contributed by atoms with Crippen LogP contribution in [0.5, 0.6) is 0 Å². The van der Waals surface area contributed by atoms with Crippen molar-refractivity contribution in [1.29, 1.82) is 0 Å². The lowest BCUT2D eigenvalue weighted by atomic mass is 10.1. The van der Waals surface area contributed by atoms with E-state index in [1.54, 1.807) is 47.4 Å². The number of anilines is 2. The highest BCUT2D eigenvalue weighted by Gasteiger charge is 2.22. The first-order valence-electron chi connectivity index (χ1n) is 9.43. The molecule has 2 amide bonds. The van der Waals surface area contributed by atoms with Gasteiger partial charge in [0.25, 0.3) is 5.91 Å². The van der Waals surface area contributed by atoms with E-state index >= 15 is 0 Å². The van der Waals surface area contributed by atoms with Gasteiger partial charge in [-0.05, 0) is 49.2 Å². The summed E-state index contributed by atoms with van der Waals surface area (Å²) in [6.45, 7) is 2.57. The zero-order chi connectivity index (χ0) is 20.4.